The average molecular weight is 317 g/mol. The van der Waals surface area contributed by atoms with E-state index in [9.17, 15) is 4.79 Å². The van der Waals surface area contributed by atoms with Gasteiger partial charge in [-0.25, -0.2) is 0 Å². The number of benzene rings is 1. The average Bonchev–Trinajstić information content (AvgIpc) is 2.65. The Hall–Kier alpha value is -1.98. The van der Waals surface area contributed by atoms with E-state index in [0.29, 0.717) is 11.7 Å². The van der Waals surface area contributed by atoms with Gasteiger partial charge in [0.2, 0.25) is 5.91 Å². The van der Waals surface area contributed by atoms with Crippen molar-refractivity contribution in [2.24, 2.45) is 0 Å². The summed E-state index contributed by atoms with van der Waals surface area (Å²) in [6.45, 7) is 3.96. The number of carbonyl (C=O) groups excluding carboxylic acids is 1. The molecule has 5 nitrogen and oxygen atoms in total. The Kier molecular flexibility index (Phi) is 4.09. The van der Waals surface area contributed by atoms with Gasteiger partial charge in [-0.2, -0.15) is 0 Å². The quantitative estimate of drug-likeness (QED) is 0.811. The van der Waals surface area contributed by atoms with Crippen LogP contribution in [0.15, 0.2) is 30.3 Å². The van der Waals surface area contributed by atoms with E-state index in [1.165, 1.54) is 0 Å². The summed E-state index contributed by atoms with van der Waals surface area (Å²) < 4.78 is 0. The third-order valence-electron chi connectivity index (χ3n) is 3.82. The molecule has 22 heavy (non-hydrogen) atoms. The molecule has 2 heterocycles. The minimum atomic E-state index is 0.0654. The number of nitrogens with zero attached hydrogens (tertiary/aromatic N) is 4. The smallest absolute Gasteiger partial charge is 0.223 e. The fourth-order valence-corrected chi connectivity index (χ4v) is 2.79. The maximum Gasteiger partial charge on any atom is 0.223 e. The highest BCUT2D eigenvalue weighted by atomic mass is 35.5. The first kappa shape index (κ1) is 14.9. The van der Waals surface area contributed by atoms with Crippen molar-refractivity contribution in [3.05, 3.63) is 41.0 Å². The van der Waals surface area contributed by atoms with E-state index < -0.39 is 0 Å². The molecule has 0 spiro atoms. The molecule has 0 N–H and O–H groups in total. The number of aromatic nitrogens is 2. The maximum atomic E-state index is 11.9. The van der Waals surface area contributed by atoms with Crippen LogP contribution in [0.25, 0.3) is 11.3 Å². The molecular weight excluding hydrogens is 300 g/mol. The number of fused-ring (bicyclic) bond motifs is 1. The van der Waals surface area contributed by atoms with Crippen LogP contribution in [0.1, 0.15) is 12.5 Å². The highest BCUT2D eigenvalue weighted by molar-refractivity contribution is 6.29. The Morgan fingerprint density at radius 3 is 2.68 bits per heavy atom. The largest absolute Gasteiger partial charge is 0.311 e. The van der Waals surface area contributed by atoms with Crippen LogP contribution in [0.3, 0.4) is 0 Å². The third-order valence-corrected chi connectivity index (χ3v) is 4.03. The number of anilines is 1. The number of carbonyl (C=O) groups is 1. The normalized spacial score (nSPS) is 15.3. The number of hydrogen-bond donors (Lipinski definition) is 0. The van der Waals surface area contributed by atoms with Gasteiger partial charge in [0.15, 0.2) is 5.15 Å². The molecule has 6 heteroatoms. The highest BCUT2D eigenvalue weighted by Gasteiger charge is 2.21. The van der Waals surface area contributed by atoms with Crippen molar-refractivity contribution in [1.29, 1.82) is 0 Å². The third kappa shape index (κ3) is 2.96. The second-order valence-electron chi connectivity index (χ2n) is 5.49. The van der Waals surface area contributed by atoms with Crippen LogP contribution in [-0.2, 0) is 11.3 Å². The first-order chi connectivity index (χ1) is 10.5. The molecule has 1 aromatic heterocycles. The van der Waals surface area contributed by atoms with E-state index in [2.05, 4.69) is 28.2 Å². The molecule has 1 aliphatic rings. The van der Waals surface area contributed by atoms with E-state index in [1.54, 1.807) is 13.0 Å². The number of rotatable bonds is 1. The van der Waals surface area contributed by atoms with Crippen molar-refractivity contribution >= 4 is 23.2 Å². The summed E-state index contributed by atoms with van der Waals surface area (Å²) in [6, 6.07) is 9.61. The van der Waals surface area contributed by atoms with Crippen molar-refractivity contribution in [2.45, 2.75) is 13.5 Å². The van der Waals surface area contributed by atoms with Gasteiger partial charge in [-0.05, 0) is 36.9 Å². The molecule has 0 saturated heterocycles. The Bertz CT molecular complexity index is 702. The lowest BCUT2D eigenvalue weighted by atomic mass is 10.0. The second-order valence-corrected chi connectivity index (χ2v) is 5.88. The van der Waals surface area contributed by atoms with E-state index in [0.717, 1.165) is 35.6 Å². The fourth-order valence-electron chi connectivity index (χ4n) is 2.69. The van der Waals surface area contributed by atoms with Crippen LogP contribution in [0, 0.1) is 0 Å². The molecule has 1 aliphatic heterocycles. The van der Waals surface area contributed by atoms with E-state index >= 15 is 0 Å². The van der Waals surface area contributed by atoms with Gasteiger partial charge in [-0.15, -0.1) is 10.2 Å². The molecule has 0 saturated carbocycles. The maximum absolute atomic E-state index is 11.9. The lowest BCUT2D eigenvalue weighted by Crippen LogP contribution is -2.33. The fraction of sp³-hybridized carbons (Fsp3) is 0.312. The van der Waals surface area contributed by atoms with Crippen LogP contribution in [0.4, 0.5) is 5.69 Å². The molecule has 1 amide bonds. The number of likely N-dealkylation sites (N-methyl/N-ethyl adjacent to an activating group) is 1. The Morgan fingerprint density at radius 1 is 1.18 bits per heavy atom. The molecule has 1 aromatic carbocycles. The van der Waals surface area contributed by atoms with E-state index in [1.807, 2.05) is 23.1 Å². The predicted octanol–water partition coefficient (Wildman–Crippen LogP) is 2.60. The van der Waals surface area contributed by atoms with E-state index in [-0.39, 0.29) is 5.91 Å². The first-order valence-electron chi connectivity index (χ1n) is 7.14. The van der Waals surface area contributed by atoms with Gasteiger partial charge < -0.3 is 9.80 Å². The Balaban J connectivity index is 2.04. The van der Waals surface area contributed by atoms with Crippen LogP contribution >= 0.6 is 11.6 Å². The van der Waals surface area contributed by atoms with Crippen LogP contribution in [0.2, 0.25) is 5.15 Å². The van der Waals surface area contributed by atoms with Gasteiger partial charge in [0.25, 0.3) is 0 Å². The van der Waals surface area contributed by atoms with Gasteiger partial charge in [0.05, 0.1) is 5.69 Å². The van der Waals surface area contributed by atoms with Gasteiger partial charge in [-0.1, -0.05) is 17.7 Å². The standard InChI is InChI=1S/C16H17ClN4O/c1-11(22)21-8-7-20(2)10-13-9-12(3-5-15(13)21)14-4-6-16(17)19-18-14/h3-6,9H,7-8,10H2,1-2H3. The van der Waals surface area contributed by atoms with Crippen molar-refractivity contribution in [1.82, 2.24) is 15.1 Å². The lowest BCUT2D eigenvalue weighted by molar-refractivity contribution is -0.116. The first-order valence-corrected chi connectivity index (χ1v) is 7.51. The predicted molar refractivity (Wildman–Crippen MR) is 86.8 cm³/mol. The summed E-state index contributed by atoms with van der Waals surface area (Å²) in [7, 11) is 2.06. The molecule has 2 aromatic rings. The molecule has 114 valence electrons. The van der Waals surface area contributed by atoms with Crippen molar-refractivity contribution < 1.29 is 4.79 Å². The molecular formula is C16H17ClN4O. The summed E-state index contributed by atoms with van der Waals surface area (Å²) in [4.78, 5) is 15.9. The van der Waals surface area contributed by atoms with Crippen molar-refractivity contribution in [3.8, 4) is 11.3 Å². The molecule has 0 unspecified atom stereocenters. The summed E-state index contributed by atoms with van der Waals surface area (Å²) >= 11 is 5.78. The molecule has 0 atom stereocenters. The van der Waals surface area contributed by atoms with Gasteiger partial charge in [0.1, 0.15) is 0 Å². The van der Waals surface area contributed by atoms with Crippen molar-refractivity contribution in [3.63, 3.8) is 0 Å². The monoisotopic (exact) mass is 316 g/mol. The molecule has 0 fully saturated rings. The van der Waals surface area contributed by atoms with Gasteiger partial charge in [0, 0.05) is 37.8 Å². The van der Waals surface area contributed by atoms with Gasteiger partial charge in [-0.3, -0.25) is 4.79 Å². The lowest BCUT2D eigenvalue weighted by Gasteiger charge is -2.21. The number of amides is 1. The van der Waals surface area contributed by atoms with Crippen molar-refractivity contribution in [2.75, 3.05) is 25.0 Å². The van der Waals surface area contributed by atoms with E-state index in [4.69, 9.17) is 11.6 Å². The molecule has 3 rings (SSSR count). The highest BCUT2D eigenvalue weighted by Crippen LogP contribution is 2.29. The van der Waals surface area contributed by atoms with Crippen LogP contribution in [-0.4, -0.2) is 41.1 Å². The summed E-state index contributed by atoms with van der Waals surface area (Å²) in [5, 5.41) is 8.38. The second kappa shape index (κ2) is 6.02. The topological polar surface area (TPSA) is 49.3 Å². The zero-order chi connectivity index (χ0) is 15.7. The minimum absolute atomic E-state index is 0.0654. The summed E-state index contributed by atoms with van der Waals surface area (Å²) in [6.07, 6.45) is 0. The SMILES string of the molecule is CC(=O)N1CCN(C)Cc2cc(-c3ccc(Cl)nn3)ccc21. The zero-order valence-electron chi connectivity index (χ0n) is 12.6. The summed E-state index contributed by atoms with van der Waals surface area (Å²) in [5.41, 5.74) is 3.84. The molecule has 0 radical (unpaired) electrons. The number of hydrogen-bond acceptors (Lipinski definition) is 4. The minimum Gasteiger partial charge on any atom is -0.311 e. The van der Waals surface area contributed by atoms with Gasteiger partial charge >= 0.3 is 0 Å². The Labute approximate surface area is 134 Å². The molecule has 0 bridgehead atoms. The Morgan fingerprint density at radius 2 is 2.00 bits per heavy atom. The van der Waals surface area contributed by atoms with Crippen LogP contribution in [0.5, 0.6) is 0 Å². The molecule has 0 aliphatic carbocycles. The summed E-state index contributed by atoms with van der Waals surface area (Å²) in [5.74, 6) is 0.0654. The van der Waals surface area contributed by atoms with Crippen LogP contribution < -0.4 is 4.90 Å². The zero-order valence-corrected chi connectivity index (χ0v) is 13.3. The number of halogens is 1.